The van der Waals surface area contributed by atoms with Gasteiger partial charge in [-0.05, 0) is 37.4 Å². The van der Waals surface area contributed by atoms with E-state index in [1.165, 1.54) is 21.3 Å². The minimum Gasteiger partial charge on any atom is -0.497 e. The average molecular weight is 451 g/mol. The number of hydrogen-bond donors (Lipinski definition) is 1. The van der Waals surface area contributed by atoms with Crippen LogP contribution in [0.5, 0.6) is 11.5 Å². The summed E-state index contributed by atoms with van der Waals surface area (Å²) in [5.74, 6) is -0.891. The molecular weight excluding hydrogens is 433 g/mol. The molecule has 10 nitrogen and oxygen atoms in total. The summed E-state index contributed by atoms with van der Waals surface area (Å²) in [6.45, 7) is -0.452. The van der Waals surface area contributed by atoms with Gasteiger partial charge in [0, 0.05) is 6.07 Å². The van der Waals surface area contributed by atoms with Crippen LogP contribution in [-0.4, -0.2) is 45.8 Å². The Balaban J connectivity index is 1.76. The van der Waals surface area contributed by atoms with Gasteiger partial charge in [-0.15, -0.1) is 0 Å². The van der Waals surface area contributed by atoms with Crippen molar-refractivity contribution in [2.45, 2.75) is 11.5 Å². The Bertz CT molecular complexity index is 1210. The van der Waals surface area contributed by atoms with Crippen molar-refractivity contribution in [1.29, 1.82) is 0 Å². The number of nitrogens with zero attached hydrogens (tertiary/aromatic N) is 2. The fourth-order valence-corrected chi connectivity index (χ4v) is 3.31. The van der Waals surface area contributed by atoms with E-state index in [1.807, 2.05) is 0 Å². The predicted molar refractivity (Wildman–Crippen MR) is 105 cm³/mol. The Morgan fingerprint density at radius 2 is 1.94 bits per heavy atom. The largest absolute Gasteiger partial charge is 0.497 e. The monoisotopic (exact) mass is 451 g/mol. The van der Waals surface area contributed by atoms with Gasteiger partial charge in [0.2, 0.25) is 15.8 Å². The highest BCUT2D eigenvalue weighted by Gasteiger charge is 2.21. The Morgan fingerprint density at radius 3 is 2.61 bits per heavy atom. The molecule has 0 aliphatic heterocycles. The third-order valence-corrected chi connectivity index (χ3v) is 5.59. The van der Waals surface area contributed by atoms with E-state index in [1.54, 1.807) is 18.2 Å². The highest BCUT2D eigenvalue weighted by molar-refractivity contribution is 7.89. The summed E-state index contributed by atoms with van der Waals surface area (Å²) in [6, 6.07) is 7.77. The molecule has 0 saturated carbocycles. The van der Waals surface area contributed by atoms with E-state index in [2.05, 4.69) is 14.9 Å². The molecule has 3 rings (SSSR count). The van der Waals surface area contributed by atoms with E-state index in [4.69, 9.17) is 18.7 Å². The van der Waals surface area contributed by atoms with Crippen LogP contribution in [0.4, 0.5) is 4.39 Å². The van der Waals surface area contributed by atoms with Gasteiger partial charge in [0.05, 0.1) is 30.2 Å². The maximum Gasteiger partial charge on any atom is 0.341 e. The third kappa shape index (κ3) is 4.81. The number of halogens is 1. The quantitative estimate of drug-likeness (QED) is 0.512. The van der Waals surface area contributed by atoms with E-state index >= 15 is 0 Å². The van der Waals surface area contributed by atoms with Crippen molar-refractivity contribution >= 4 is 16.0 Å². The molecule has 0 fully saturated rings. The minimum absolute atomic E-state index is 0.0550. The molecule has 0 atom stereocenters. The summed E-state index contributed by atoms with van der Waals surface area (Å²) in [4.78, 5) is 16.1. The lowest BCUT2D eigenvalue weighted by Crippen LogP contribution is -2.19. The first-order chi connectivity index (χ1) is 14.8. The van der Waals surface area contributed by atoms with E-state index < -0.39 is 34.0 Å². The lowest BCUT2D eigenvalue weighted by molar-refractivity contribution is 0.0424. The molecule has 2 aromatic carbocycles. The summed E-state index contributed by atoms with van der Waals surface area (Å²) in [7, 11) is 0.319. The van der Waals surface area contributed by atoms with Crippen LogP contribution >= 0.6 is 0 Å². The van der Waals surface area contributed by atoms with Gasteiger partial charge in [0.15, 0.2) is 6.61 Å². The first-order valence-electron chi connectivity index (χ1n) is 8.74. The van der Waals surface area contributed by atoms with Gasteiger partial charge in [0.1, 0.15) is 17.3 Å². The first kappa shape index (κ1) is 22.2. The first-order valence-corrected chi connectivity index (χ1v) is 10.2. The molecule has 0 saturated heterocycles. The fourth-order valence-electron chi connectivity index (χ4n) is 2.56. The lowest BCUT2D eigenvalue weighted by atomic mass is 10.2. The highest BCUT2D eigenvalue weighted by atomic mass is 32.2. The molecule has 3 aromatic rings. The molecular formula is C19H18FN3O7S. The van der Waals surface area contributed by atoms with Crippen LogP contribution in [0.25, 0.3) is 11.4 Å². The molecule has 1 heterocycles. The molecule has 31 heavy (non-hydrogen) atoms. The van der Waals surface area contributed by atoms with Crippen LogP contribution < -0.4 is 14.2 Å². The number of nitrogens with one attached hydrogen (secondary N) is 1. The van der Waals surface area contributed by atoms with Gasteiger partial charge in [-0.3, -0.25) is 0 Å². The van der Waals surface area contributed by atoms with Gasteiger partial charge in [-0.25, -0.2) is 22.3 Å². The zero-order valence-corrected chi connectivity index (χ0v) is 17.5. The number of carbonyl (C=O) groups excluding carboxylic acids is 1. The second-order valence-corrected chi connectivity index (χ2v) is 7.89. The van der Waals surface area contributed by atoms with Crippen LogP contribution in [0, 0.1) is 5.82 Å². The van der Waals surface area contributed by atoms with E-state index in [-0.39, 0.29) is 16.6 Å². The second kappa shape index (κ2) is 9.10. The zero-order chi connectivity index (χ0) is 22.6. The summed E-state index contributed by atoms with van der Waals surface area (Å²) >= 11 is 0. The molecule has 12 heteroatoms. The standard InChI is InChI=1S/C19H18FN3O7S/c1-21-31(25,26)12-5-7-15(20)14(9-12)19(24)29-10-17-22-18(23-30-17)13-6-4-11(27-2)8-16(13)28-3/h4-9,21H,10H2,1-3H3. The number of methoxy groups -OCH3 is 2. The van der Waals surface area contributed by atoms with Crippen LogP contribution in [0.15, 0.2) is 45.8 Å². The predicted octanol–water partition coefficient (Wildman–Crippen LogP) is 2.16. The number of ether oxygens (including phenoxy) is 3. The van der Waals surface area contributed by atoms with Gasteiger partial charge < -0.3 is 18.7 Å². The zero-order valence-electron chi connectivity index (χ0n) is 16.7. The van der Waals surface area contributed by atoms with Crippen molar-refractivity contribution in [3.05, 3.63) is 53.7 Å². The van der Waals surface area contributed by atoms with Crippen molar-refractivity contribution in [1.82, 2.24) is 14.9 Å². The summed E-state index contributed by atoms with van der Waals surface area (Å²) < 4.78 is 60.3. The molecule has 0 aliphatic rings. The van der Waals surface area contributed by atoms with Gasteiger partial charge in [0.25, 0.3) is 5.89 Å². The number of benzene rings is 2. The number of aromatic nitrogens is 2. The number of hydrogen-bond acceptors (Lipinski definition) is 9. The molecule has 0 bridgehead atoms. The average Bonchev–Trinajstić information content (AvgIpc) is 3.25. The van der Waals surface area contributed by atoms with Crippen LogP contribution in [0.1, 0.15) is 16.2 Å². The lowest BCUT2D eigenvalue weighted by Gasteiger charge is -2.07. The Labute approximate surface area is 177 Å². The molecule has 0 unspecified atom stereocenters. The smallest absolute Gasteiger partial charge is 0.341 e. The highest BCUT2D eigenvalue weighted by Crippen LogP contribution is 2.31. The summed E-state index contributed by atoms with van der Waals surface area (Å²) in [5.41, 5.74) is -0.0338. The second-order valence-electron chi connectivity index (χ2n) is 6.00. The number of rotatable bonds is 8. The molecule has 164 valence electrons. The van der Waals surface area contributed by atoms with E-state index in [0.29, 0.717) is 17.1 Å². The van der Waals surface area contributed by atoms with Crippen molar-refractivity contribution in [3.8, 4) is 22.9 Å². The molecule has 0 aliphatic carbocycles. The summed E-state index contributed by atoms with van der Waals surface area (Å²) in [6.07, 6.45) is 0. The number of carbonyl (C=O) groups is 1. The molecule has 0 amide bonds. The maximum absolute atomic E-state index is 14.0. The van der Waals surface area contributed by atoms with Crippen LogP contribution in [0.3, 0.4) is 0 Å². The number of sulfonamides is 1. The van der Waals surface area contributed by atoms with Crippen LogP contribution in [-0.2, 0) is 21.4 Å². The Morgan fingerprint density at radius 1 is 1.16 bits per heavy atom. The topological polar surface area (TPSA) is 130 Å². The minimum atomic E-state index is -3.86. The number of esters is 1. The maximum atomic E-state index is 14.0. The SMILES string of the molecule is CNS(=O)(=O)c1ccc(F)c(C(=O)OCc2nc(-c3ccc(OC)cc3OC)no2)c1. The Kier molecular flexibility index (Phi) is 6.51. The fraction of sp³-hybridized carbons (Fsp3) is 0.211. The van der Waals surface area contributed by atoms with Gasteiger partial charge >= 0.3 is 5.97 Å². The van der Waals surface area contributed by atoms with Crippen LogP contribution in [0.2, 0.25) is 0 Å². The van der Waals surface area contributed by atoms with Crippen molar-refractivity contribution in [2.24, 2.45) is 0 Å². The summed E-state index contributed by atoms with van der Waals surface area (Å²) in [5, 5.41) is 3.82. The molecule has 1 aromatic heterocycles. The van der Waals surface area contributed by atoms with Crippen molar-refractivity contribution in [3.63, 3.8) is 0 Å². The van der Waals surface area contributed by atoms with Gasteiger partial charge in [-0.1, -0.05) is 5.16 Å². The van der Waals surface area contributed by atoms with E-state index in [9.17, 15) is 17.6 Å². The molecule has 1 N–H and O–H groups in total. The normalized spacial score (nSPS) is 11.2. The van der Waals surface area contributed by atoms with E-state index in [0.717, 1.165) is 18.2 Å². The van der Waals surface area contributed by atoms with Crippen molar-refractivity contribution in [2.75, 3.05) is 21.3 Å². The van der Waals surface area contributed by atoms with Gasteiger partial charge in [-0.2, -0.15) is 4.98 Å². The molecule has 0 spiro atoms. The molecule has 0 radical (unpaired) electrons. The Hall–Kier alpha value is -3.51. The third-order valence-electron chi connectivity index (χ3n) is 4.18. The van der Waals surface area contributed by atoms with Crippen molar-refractivity contribution < 1.29 is 36.3 Å².